The number of hydrogen-bond donors (Lipinski definition) is 2. The molecule has 9 nitrogen and oxygen atoms in total. The van der Waals surface area contributed by atoms with Gasteiger partial charge in [-0.15, -0.1) is 0 Å². The maximum absolute atomic E-state index is 13.1. The third-order valence-electron chi connectivity index (χ3n) is 7.11. The van der Waals surface area contributed by atoms with E-state index < -0.39 is 17.8 Å². The number of carbonyl (C=O) groups is 2. The number of urea groups is 1. The van der Waals surface area contributed by atoms with Crippen molar-refractivity contribution in [1.82, 2.24) is 24.4 Å². The number of amides is 3. The number of ether oxygens (including phenoxy) is 1. The summed E-state index contributed by atoms with van der Waals surface area (Å²) in [4.78, 5) is 27.2. The Bertz CT molecular complexity index is 1300. The summed E-state index contributed by atoms with van der Waals surface area (Å²) in [5, 5.41) is 9.58. The van der Waals surface area contributed by atoms with Crippen molar-refractivity contribution in [3.63, 3.8) is 0 Å². The summed E-state index contributed by atoms with van der Waals surface area (Å²) in [5.74, 6) is -0.0653. The van der Waals surface area contributed by atoms with Gasteiger partial charge in [0.2, 0.25) is 0 Å². The van der Waals surface area contributed by atoms with Crippen molar-refractivity contribution in [2.45, 2.75) is 31.1 Å². The minimum absolute atomic E-state index is 0.0279. The van der Waals surface area contributed by atoms with Crippen LogP contribution in [-0.2, 0) is 10.9 Å². The Labute approximate surface area is 197 Å². The van der Waals surface area contributed by atoms with E-state index in [-0.39, 0.29) is 29.1 Å². The lowest BCUT2D eigenvalue weighted by Crippen LogP contribution is -2.67. The number of nitrogens with zero attached hydrogens (tertiary/aromatic N) is 4. The standard InChI is InChI=1S/C23H23F3N6O3/c24-23(25,26)14-2-1-3-15(6-14)28-21(34)29-16-7-22(8-16)12-30(13-22)20(33)18-9-27-32-5-4-31(19(18)32)17-10-35-11-17/h1-6,9,16-17H,7-8,10-13H2,(H2,28,29,34). The molecule has 1 saturated carbocycles. The number of hydrogen-bond acceptors (Lipinski definition) is 4. The summed E-state index contributed by atoms with van der Waals surface area (Å²) in [6.45, 7) is 2.44. The van der Waals surface area contributed by atoms with Crippen LogP contribution < -0.4 is 10.6 Å². The van der Waals surface area contributed by atoms with Crippen molar-refractivity contribution in [2.75, 3.05) is 31.6 Å². The monoisotopic (exact) mass is 488 g/mol. The van der Waals surface area contributed by atoms with Gasteiger partial charge in [0.1, 0.15) is 11.2 Å². The van der Waals surface area contributed by atoms with Gasteiger partial charge in [0.25, 0.3) is 5.91 Å². The van der Waals surface area contributed by atoms with Crippen LogP contribution >= 0.6 is 0 Å². The Morgan fingerprint density at radius 1 is 1.14 bits per heavy atom. The molecule has 2 saturated heterocycles. The van der Waals surface area contributed by atoms with Crippen LogP contribution in [0.4, 0.5) is 23.7 Å². The second-order valence-corrected chi connectivity index (χ2v) is 9.67. The second kappa shape index (κ2) is 7.74. The van der Waals surface area contributed by atoms with Gasteiger partial charge in [-0.2, -0.15) is 18.3 Å². The molecule has 3 aromatic rings. The van der Waals surface area contributed by atoms with Gasteiger partial charge in [-0.3, -0.25) is 4.79 Å². The first-order valence-electron chi connectivity index (χ1n) is 11.4. The molecule has 2 N–H and O–H groups in total. The molecule has 3 fully saturated rings. The number of carbonyl (C=O) groups excluding carboxylic acids is 2. The van der Waals surface area contributed by atoms with E-state index in [2.05, 4.69) is 15.7 Å². The maximum Gasteiger partial charge on any atom is 0.416 e. The molecule has 3 amide bonds. The average Bonchev–Trinajstić information content (AvgIpc) is 3.30. The lowest BCUT2D eigenvalue weighted by molar-refractivity contribution is -0.137. The Kier molecular flexibility index (Phi) is 4.85. The van der Waals surface area contributed by atoms with E-state index in [0.29, 0.717) is 44.7 Å². The van der Waals surface area contributed by atoms with Crippen LogP contribution in [-0.4, -0.2) is 63.4 Å². The molecule has 4 heterocycles. The topological polar surface area (TPSA) is 92.9 Å². The smallest absolute Gasteiger partial charge is 0.377 e. The molecule has 0 bridgehead atoms. The van der Waals surface area contributed by atoms with Gasteiger partial charge >= 0.3 is 12.2 Å². The highest BCUT2D eigenvalue weighted by Crippen LogP contribution is 2.49. The Morgan fingerprint density at radius 3 is 2.60 bits per heavy atom. The Balaban J connectivity index is 1.02. The van der Waals surface area contributed by atoms with E-state index >= 15 is 0 Å². The largest absolute Gasteiger partial charge is 0.416 e. The third-order valence-corrected chi connectivity index (χ3v) is 7.11. The van der Waals surface area contributed by atoms with Crippen LogP contribution in [0.25, 0.3) is 5.65 Å². The first-order valence-corrected chi connectivity index (χ1v) is 11.4. The highest BCUT2D eigenvalue weighted by atomic mass is 19.4. The minimum Gasteiger partial charge on any atom is -0.377 e. The second-order valence-electron chi connectivity index (χ2n) is 9.67. The Morgan fingerprint density at radius 2 is 1.91 bits per heavy atom. The van der Waals surface area contributed by atoms with Crippen LogP contribution in [0.3, 0.4) is 0 Å². The summed E-state index contributed by atoms with van der Waals surface area (Å²) in [5.41, 5.74) is 0.563. The van der Waals surface area contributed by atoms with E-state index in [4.69, 9.17) is 4.74 Å². The van der Waals surface area contributed by atoms with Crippen molar-refractivity contribution in [3.8, 4) is 0 Å². The predicted molar refractivity (Wildman–Crippen MR) is 118 cm³/mol. The lowest BCUT2D eigenvalue weighted by Gasteiger charge is -2.58. The quantitative estimate of drug-likeness (QED) is 0.590. The van der Waals surface area contributed by atoms with Gasteiger partial charge < -0.3 is 24.8 Å². The number of fused-ring (bicyclic) bond motifs is 1. The summed E-state index contributed by atoms with van der Waals surface area (Å²) >= 11 is 0. The number of nitrogens with one attached hydrogen (secondary N) is 2. The van der Waals surface area contributed by atoms with Crippen LogP contribution in [0.2, 0.25) is 0 Å². The molecule has 3 aliphatic rings. The van der Waals surface area contributed by atoms with Crippen LogP contribution in [0.15, 0.2) is 42.9 Å². The Hall–Kier alpha value is -3.54. The van der Waals surface area contributed by atoms with Gasteiger partial charge in [0, 0.05) is 42.6 Å². The number of alkyl halides is 3. The molecule has 6 rings (SSSR count). The fourth-order valence-corrected chi connectivity index (χ4v) is 5.31. The van der Waals surface area contributed by atoms with E-state index in [1.54, 1.807) is 15.6 Å². The molecule has 1 aromatic carbocycles. The average molecular weight is 488 g/mol. The molecule has 0 radical (unpaired) electrons. The molecule has 35 heavy (non-hydrogen) atoms. The number of benzene rings is 1. The molecule has 0 atom stereocenters. The lowest BCUT2D eigenvalue weighted by atomic mass is 9.60. The van der Waals surface area contributed by atoms with Crippen molar-refractivity contribution in [1.29, 1.82) is 0 Å². The van der Waals surface area contributed by atoms with Crippen LogP contribution in [0.5, 0.6) is 0 Å². The number of aromatic nitrogens is 3. The number of likely N-dealkylation sites (tertiary alicyclic amines) is 1. The zero-order valence-corrected chi connectivity index (χ0v) is 18.6. The zero-order valence-electron chi connectivity index (χ0n) is 18.6. The van der Waals surface area contributed by atoms with E-state index in [0.717, 1.165) is 17.8 Å². The normalized spacial score (nSPS) is 19.8. The fraction of sp³-hybridized carbons (Fsp3) is 0.435. The molecule has 184 valence electrons. The van der Waals surface area contributed by atoms with Crippen molar-refractivity contribution in [3.05, 3.63) is 54.0 Å². The molecule has 1 aliphatic carbocycles. The maximum atomic E-state index is 13.1. The molecule has 1 spiro atoms. The molecular weight excluding hydrogens is 465 g/mol. The zero-order chi connectivity index (χ0) is 24.4. The predicted octanol–water partition coefficient (Wildman–Crippen LogP) is 3.15. The van der Waals surface area contributed by atoms with Crippen molar-refractivity contribution in [2.24, 2.45) is 5.41 Å². The van der Waals surface area contributed by atoms with E-state index in [1.165, 1.54) is 12.1 Å². The summed E-state index contributed by atoms with van der Waals surface area (Å²) in [7, 11) is 0. The molecule has 0 unspecified atom stereocenters. The molecule has 2 aromatic heterocycles. The summed E-state index contributed by atoms with van der Waals surface area (Å²) < 4.78 is 47.6. The SMILES string of the molecule is O=C(Nc1cccc(C(F)(F)F)c1)NC1CC2(C1)CN(C(=O)c1cnn3ccn(C4COC4)c13)C2. The van der Waals surface area contributed by atoms with E-state index in [1.807, 2.05) is 17.0 Å². The third kappa shape index (κ3) is 3.81. The van der Waals surface area contributed by atoms with Gasteiger partial charge in [-0.25, -0.2) is 9.31 Å². The number of imidazole rings is 1. The van der Waals surface area contributed by atoms with E-state index in [9.17, 15) is 22.8 Å². The van der Waals surface area contributed by atoms with Crippen molar-refractivity contribution >= 4 is 23.3 Å². The first-order chi connectivity index (χ1) is 16.7. The van der Waals surface area contributed by atoms with Gasteiger partial charge in [0.15, 0.2) is 0 Å². The minimum atomic E-state index is -4.47. The van der Waals surface area contributed by atoms with Crippen LogP contribution in [0, 0.1) is 5.41 Å². The fourth-order valence-electron chi connectivity index (χ4n) is 5.31. The summed E-state index contributed by atoms with van der Waals surface area (Å²) in [6, 6.07) is 4.10. The summed E-state index contributed by atoms with van der Waals surface area (Å²) in [6.07, 6.45) is 2.30. The van der Waals surface area contributed by atoms with Crippen LogP contribution in [0.1, 0.15) is 34.8 Å². The van der Waals surface area contributed by atoms with Gasteiger partial charge in [0.05, 0.1) is 31.0 Å². The number of rotatable bonds is 4. The van der Waals surface area contributed by atoms with Gasteiger partial charge in [-0.05, 0) is 31.0 Å². The highest BCUT2D eigenvalue weighted by Gasteiger charge is 2.54. The highest BCUT2D eigenvalue weighted by molar-refractivity contribution is 6.00. The molecule has 12 heteroatoms. The first kappa shape index (κ1) is 22.0. The van der Waals surface area contributed by atoms with Crippen molar-refractivity contribution < 1.29 is 27.5 Å². The number of anilines is 1. The molecular formula is C23H23F3N6O3. The molecule has 2 aliphatic heterocycles. The van der Waals surface area contributed by atoms with Gasteiger partial charge in [-0.1, -0.05) is 6.07 Å². The number of halogens is 3.